The largest absolute Gasteiger partial charge is 0.462 e. The fourth-order valence-electron chi connectivity index (χ4n) is 6.15. The Bertz CT molecular complexity index is 736. The monoisotopic (exact) mass is 614 g/mol. The summed E-state index contributed by atoms with van der Waals surface area (Å²) in [5.74, 6) is 0.0344. The number of nitrogens with zero attached hydrogens (tertiary/aromatic N) is 1. The van der Waals surface area contributed by atoms with Crippen LogP contribution in [0, 0.1) is 0 Å². The predicted molar refractivity (Wildman–Crippen MR) is 189 cm³/mol. The second-order valence-electron chi connectivity index (χ2n) is 13.2. The van der Waals surface area contributed by atoms with Crippen molar-refractivity contribution in [2.24, 2.45) is 0 Å². The molecule has 0 heterocycles. The molecule has 0 aromatic heterocycles. The number of ether oxygens (including phenoxy) is 1. The first-order valence-electron chi connectivity index (χ1n) is 19.1. The molecular formula is C40H71NO3. The first-order chi connectivity index (χ1) is 21.7. The van der Waals surface area contributed by atoms with Gasteiger partial charge >= 0.3 is 5.97 Å². The van der Waals surface area contributed by atoms with Crippen molar-refractivity contribution in [1.29, 1.82) is 0 Å². The Kier molecular flexibility index (Phi) is 28.7. The molecule has 4 heteroatoms. The molecule has 0 N–H and O–H groups in total. The van der Waals surface area contributed by atoms with Gasteiger partial charge in [0.05, 0.1) is 0 Å². The zero-order valence-corrected chi connectivity index (χ0v) is 29.2. The van der Waals surface area contributed by atoms with E-state index < -0.39 is 0 Å². The van der Waals surface area contributed by atoms with E-state index in [1.165, 1.54) is 128 Å². The van der Waals surface area contributed by atoms with Crippen molar-refractivity contribution in [3.05, 3.63) is 35.9 Å². The van der Waals surface area contributed by atoms with Gasteiger partial charge in [-0.2, -0.15) is 0 Å². The van der Waals surface area contributed by atoms with E-state index >= 15 is 0 Å². The van der Waals surface area contributed by atoms with Gasteiger partial charge in [-0.05, 0) is 70.0 Å². The van der Waals surface area contributed by atoms with Gasteiger partial charge in [-0.15, -0.1) is 0 Å². The molecule has 0 bridgehead atoms. The molecule has 0 fully saturated rings. The maximum Gasteiger partial charge on any atom is 0.306 e. The van der Waals surface area contributed by atoms with Crippen LogP contribution < -0.4 is 0 Å². The maximum absolute atomic E-state index is 12.7. The lowest BCUT2D eigenvalue weighted by atomic mass is 10.0. The molecule has 44 heavy (non-hydrogen) atoms. The highest BCUT2D eigenvalue weighted by Gasteiger charge is 2.14. The van der Waals surface area contributed by atoms with Gasteiger partial charge in [0.2, 0.25) is 0 Å². The highest BCUT2D eigenvalue weighted by Crippen LogP contribution is 2.18. The zero-order valence-electron chi connectivity index (χ0n) is 29.2. The molecule has 1 rings (SSSR count). The van der Waals surface area contributed by atoms with Crippen LogP contribution in [0.3, 0.4) is 0 Å². The van der Waals surface area contributed by atoms with E-state index in [-0.39, 0.29) is 12.1 Å². The Morgan fingerprint density at radius 2 is 1.11 bits per heavy atom. The third-order valence-electron chi connectivity index (χ3n) is 8.96. The van der Waals surface area contributed by atoms with E-state index in [0.29, 0.717) is 12.8 Å². The number of hydrogen-bond acceptors (Lipinski definition) is 4. The maximum atomic E-state index is 12.7. The minimum absolute atomic E-state index is 0.0344. The van der Waals surface area contributed by atoms with Gasteiger partial charge < -0.3 is 9.53 Å². The number of esters is 1. The number of rotatable bonds is 33. The van der Waals surface area contributed by atoms with Crippen molar-refractivity contribution in [2.75, 3.05) is 13.1 Å². The van der Waals surface area contributed by atoms with Gasteiger partial charge in [0.25, 0.3) is 0 Å². The van der Waals surface area contributed by atoms with E-state index in [0.717, 1.165) is 58.0 Å². The molecule has 0 amide bonds. The van der Waals surface area contributed by atoms with Crippen molar-refractivity contribution < 1.29 is 14.3 Å². The summed E-state index contributed by atoms with van der Waals surface area (Å²) in [5, 5.41) is 0. The van der Waals surface area contributed by atoms with Crippen molar-refractivity contribution in [3.63, 3.8) is 0 Å². The summed E-state index contributed by atoms with van der Waals surface area (Å²) in [6.07, 6.45) is 31.7. The minimum Gasteiger partial charge on any atom is -0.462 e. The minimum atomic E-state index is 0.0344. The van der Waals surface area contributed by atoms with Gasteiger partial charge in [0, 0.05) is 19.4 Å². The van der Waals surface area contributed by atoms with Crippen LogP contribution in [0.5, 0.6) is 0 Å². The van der Waals surface area contributed by atoms with Crippen LogP contribution in [0.25, 0.3) is 0 Å². The third kappa shape index (κ3) is 25.6. The number of unbranched alkanes of at least 4 members (excludes halogenated alkanes) is 19. The Morgan fingerprint density at radius 3 is 1.66 bits per heavy atom. The van der Waals surface area contributed by atoms with Crippen LogP contribution in [0.4, 0.5) is 0 Å². The normalized spacial score (nSPS) is 11.5. The van der Waals surface area contributed by atoms with Crippen molar-refractivity contribution in [3.8, 4) is 0 Å². The van der Waals surface area contributed by atoms with Crippen LogP contribution in [0.15, 0.2) is 30.3 Å². The summed E-state index contributed by atoms with van der Waals surface area (Å²) < 4.78 is 6.03. The molecule has 0 unspecified atom stereocenters. The average Bonchev–Trinajstić information content (AvgIpc) is 3.03. The van der Waals surface area contributed by atoms with Gasteiger partial charge in [-0.3, -0.25) is 9.69 Å². The van der Waals surface area contributed by atoms with E-state index in [1.54, 1.807) is 0 Å². The Labute approximate surface area is 273 Å². The summed E-state index contributed by atoms with van der Waals surface area (Å²) in [5.41, 5.74) is 1.39. The molecule has 0 aliphatic heterocycles. The molecule has 1 aromatic rings. The predicted octanol–water partition coefficient (Wildman–Crippen LogP) is 11.8. The van der Waals surface area contributed by atoms with Gasteiger partial charge in [0.15, 0.2) is 0 Å². The zero-order chi connectivity index (χ0) is 31.8. The first kappa shape index (κ1) is 40.3. The van der Waals surface area contributed by atoms with Crippen LogP contribution in [-0.4, -0.2) is 36.3 Å². The van der Waals surface area contributed by atoms with Crippen molar-refractivity contribution in [1.82, 2.24) is 4.90 Å². The van der Waals surface area contributed by atoms with E-state index in [1.807, 2.05) is 0 Å². The van der Waals surface area contributed by atoms with Crippen LogP contribution in [0.1, 0.15) is 186 Å². The molecule has 0 aliphatic carbocycles. The lowest BCUT2D eigenvalue weighted by Crippen LogP contribution is -2.25. The molecule has 0 aliphatic rings. The van der Waals surface area contributed by atoms with Crippen LogP contribution in [-0.2, 0) is 20.9 Å². The first-order valence-corrected chi connectivity index (χ1v) is 19.1. The smallest absolute Gasteiger partial charge is 0.306 e. The Hall–Kier alpha value is -1.68. The second kappa shape index (κ2) is 31.3. The Morgan fingerprint density at radius 1 is 0.636 bits per heavy atom. The van der Waals surface area contributed by atoms with E-state index in [4.69, 9.17) is 4.74 Å². The van der Waals surface area contributed by atoms with E-state index in [9.17, 15) is 9.59 Å². The number of benzene rings is 1. The summed E-state index contributed by atoms with van der Waals surface area (Å²) in [7, 11) is 0. The lowest BCUT2D eigenvalue weighted by Gasteiger charge is -2.22. The standard InChI is InChI=1S/C40H71NO3/c1-3-5-7-9-14-23-31-39(32-24-15-10-8-6-4-2)44-40(43)33-25-16-13-18-27-35-41(37-38-29-21-20-22-30-38)34-26-17-11-12-19-28-36-42/h20-22,29-30,36,39H,3-19,23-28,31-35,37H2,1-2H3. The lowest BCUT2D eigenvalue weighted by molar-refractivity contribution is -0.150. The molecular weight excluding hydrogens is 542 g/mol. The second-order valence-corrected chi connectivity index (χ2v) is 13.2. The number of hydrogen-bond donors (Lipinski definition) is 0. The SMILES string of the molecule is CCCCCCCCC(CCCCCCCC)OC(=O)CCCCCCCN(CCCCCCCC=O)Cc1ccccc1. The van der Waals surface area contributed by atoms with Crippen molar-refractivity contribution in [2.45, 2.75) is 193 Å². The highest BCUT2D eigenvalue weighted by atomic mass is 16.5. The number of carbonyl (C=O) groups is 2. The molecule has 0 radical (unpaired) electrons. The molecule has 1 aromatic carbocycles. The number of aldehydes is 1. The van der Waals surface area contributed by atoms with Crippen LogP contribution >= 0.6 is 0 Å². The van der Waals surface area contributed by atoms with Crippen LogP contribution in [0.2, 0.25) is 0 Å². The molecule has 0 atom stereocenters. The fraction of sp³-hybridized carbons (Fsp3) is 0.800. The highest BCUT2D eigenvalue weighted by molar-refractivity contribution is 5.69. The van der Waals surface area contributed by atoms with Gasteiger partial charge in [-0.1, -0.05) is 147 Å². The molecule has 254 valence electrons. The summed E-state index contributed by atoms with van der Waals surface area (Å²) in [4.78, 5) is 25.8. The number of carbonyl (C=O) groups excluding carboxylic acids is 2. The molecule has 0 saturated carbocycles. The van der Waals surface area contributed by atoms with Gasteiger partial charge in [0.1, 0.15) is 12.4 Å². The summed E-state index contributed by atoms with van der Waals surface area (Å²) >= 11 is 0. The topological polar surface area (TPSA) is 46.6 Å². The molecule has 0 spiro atoms. The quantitative estimate of drug-likeness (QED) is 0.0449. The fourth-order valence-corrected chi connectivity index (χ4v) is 6.15. The molecule has 0 saturated heterocycles. The molecule has 4 nitrogen and oxygen atoms in total. The van der Waals surface area contributed by atoms with E-state index in [2.05, 4.69) is 49.1 Å². The average molecular weight is 614 g/mol. The van der Waals surface area contributed by atoms with Crippen molar-refractivity contribution >= 4 is 12.3 Å². The Balaban J connectivity index is 2.28. The summed E-state index contributed by atoms with van der Waals surface area (Å²) in [6.45, 7) is 7.84. The van der Waals surface area contributed by atoms with Gasteiger partial charge in [-0.25, -0.2) is 0 Å². The summed E-state index contributed by atoms with van der Waals surface area (Å²) in [6, 6.07) is 10.8. The third-order valence-corrected chi connectivity index (χ3v) is 8.96.